The summed E-state index contributed by atoms with van der Waals surface area (Å²) in [5, 5.41) is 9.90. The first-order valence-electron chi connectivity index (χ1n) is 6.42. The SMILES string of the molecule is CN1CCCN(CC2COCCC2O)CC1. The van der Waals surface area contributed by atoms with E-state index in [1.54, 1.807) is 0 Å². The molecule has 4 heteroatoms. The van der Waals surface area contributed by atoms with Crippen LogP contribution in [0, 0.1) is 5.92 Å². The Labute approximate surface area is 98.2 Å². The predicted octanol–water partition coefficient (Wildman–Crippen LogP) is 0.0213. The summed E-state index contributed by atoms with van der Waals surface area (Å²) in [6.07, 6.45) is 1.88. The van der Waals surface area contributed by atoms with Crippen LogP contribution in [0.5, 0.6) is 0 Å². The first-order chi connectivity index (χ1) is 7.75. The van der Waals surface area contributed by atoms with Gasteiger partial charge in [-0.15, -0.1) is 0 Å². The van der Waals surface area contributed by atoms with Gasteiger partial charge in [-0.2, -0.15) is 0 Å². The second-order valence-electron chi connectivity index (χ2n) is 5.15. The minimum Gasteiger partial charge on any atom is -0.393 e. The topological polar surface area (TPSA) is 35.9 Å². The van der Waals surface area contributed by atoms with Gasteiger partial charge in [0.15, 0.2) is 0 Å². The Bertz CT molecular complexity index is 213. The molecular weight excluding hydrogens is 204 g/mol. The Morgan fingerprint density at radius 2 is 2.12 bits per heavy atom. The van der Waals surface area contributed by atoms with Crippen LogP contribution in [0.4, 0.5) is 0 Å². The molecule has 2 atom stereocenters. The van der Waals surface area contributed by atoms with Crippen LogP contribution in [-0.2, 0) is 4.74 Å². The first kappa shape index (κ1) is 12.3. The van der Waals surface area contributed by atoms with Gasteiger partial charge in [-0.1, -0.05) is 0 Å². The van der Waals surface area contributed by atoms with Gasteiger partial charge in [0, 0.05) is 32.2 Å². The highest BCUT2D eigenvalue weighted by Gasteiger charge is 2.26. The molecule has 2 unspecified atom stereocenters. The highest BCUT2D eigenvalue weighted by Crippen LogP contribution is 2.16. The molecule has 2 saturated heterocycles. The van der Waals surface area contributed by atoms with E-state index in [-0.39, 0.29) is 6.10 Å². The molecule has 2 heterocycles. The molecule has 0 aliphatic carbocycles. The molecule has 16 heavy (non-hydrogen) atoms. The maximum Gasteiger partial charge on any atom is 0.0624 e. The van der Waals surface area contributed by atoms with Gasteiger partial charge in [-0.25, -0.2) is 0 Å². The lowest BCUT2D eigenvalue weighted by Crippen LogP contribution is -2.42. The normalized spacial score (nSPS) is 34.9. The van der Waals surface area contributed by atoms with Gasteiger partial charge < -0.3 is 19.6 Å². The summed E-state index contributed by atoms with van der Waals surface area (Å²) in [4.78, 5) is 4.86. The van der Waals surface area contributed by atoms with Gasteiger partial charge in [0.2, 0.25) is 0 Å². The highest BCUT2D eigenvalue weighted by molar-refractivity contribution is 4.77. The van der Waals surface area contributed by atoms with E-state index in [4.69, 9.17) is 4.74 Å². The summed E-state index contributed by atoms with van der Waals surface area (Å²) in [5.41, 5.74) is 0. The molecular formula is C12H24N2O2. The third-order valence-electron chi connectivity index (χ3n) is 3.74. The summed E-state index contributed by atoms with van der Waals surface area (Å²) in [5.74, 6) is 0.317. The van der Waals surface area contributed by atoms with E-state index in [0.717, 1.165) is 45.8 Å². The minimum absolute atomic E-state index is 0.158. The number of aliphatic hydroxyl groups is 1. The average molecular weight is 228 g/mol. The number of rotatable bonds is 2. The van der Waals surface area contributed by atoms with E-state index < -0.39 is 0 Å². The van der Waals surface area contributed by atoms with Gasteiger partial charge in [-0.3, -0.25) is 0 Å². The van der Waals surface area contributed by atoms with Crippen molar-refractivity contribution in [3.8, 4) is 0 Å². The molecule has 0 radical (unpaired) electrons. The van der Waals surface area contributed by atoms with Crippen LogP contribution in [0.3, 0.4) is 0 Å². The van der Waals surface area contributed by atoms with E-state index >= 15 is 0 Å². The van der Waals surface area contributed by atoms with Crippen LogP contribution < -0.4 is 0 Å². The van der Waals surface area contributed by atoms with Crippen molar-refractivity contribution in [2.75, 3.05) is 53.0 Å². The number of hydrogen-bond acceptors (Lipinski definition) is 4. The van der Waals surface area contributed by atoms with Crippen LogP contribution in [0.15, 0.2) is 0 Å². The molecule has 2 rings (SSSR count). The van der Waals surface area contributed by atoms with E-state index in [1.165, 1.54) is 13.0 Å². The molecule has 0 aromatic rings. The van der Waals surface area contributed by atoms with Gasteiger partial charge in [0.25, 0.3) is 0 Å². The van der Waals surface area contributed by atoms with Crippen LogP contribution >= 0.6 is 0 Å². The average Bonchev–Trinajstić information content (AvgIpc) is 2.47. The summed E-state index contributed by atoms with van der Waals surface area (Å²) in [6, 6.07) is 0. The second-order valence-corrected chi connectivity index (χ2v) is 5.15. The summed E-state index contributed by atoms with van der Waals surface area (Å²) in [6.45, 7) is 7.07. The van der Waals surface area contributed by atoms with E-state index in [9.17, 15) is 5.11 Å². The smallest absolute Gasteiger partial charge is 0.0624 e. The zero-order valence-corrected chi connectivity index (χ0v) is 10.3. The standard InChI is InChI=1S/C12H24N2O2/c1-13-4-2-5-14(7-6-13)9-11-10-16-8-3-12(11)15/h11-12,15H,2-10H2,1H3. The number of ether oxygens (including phenoxy) is 1. The molecule has 2 fully saturated rings. The quantitative estimate of drug-likeness (QED) is 0.723. The molecule has 0 spiro atoms. The molecule has 4 nitrogen and oxygen atoms in total. The number of likely N-dealkylation sites (N-methyl/N-ethyl adjacent to an activating group) is 1. The Hall–Kier alpha value is -0.160. The van der Waals surface area contributed by atoms with Crippen LogP contribution in [0.2, 0.25) is 0 Å². The third-order valence-corrected chi connectivity index (χ3v) is 3.74. The van der Waals surface area contributed by atoms with Crippen molar-refractivity contribution in [1.82, 2.24) is 9.80 Å². The predicted molar refractivity (Wildman–Crippen MR) is 63.5 cm³/mol. The largest absolute Gasteiger partial charge is 0.393 e. The summed E-state index contributed by atoms with van der Waals surface area (Å²) < 4.78 is 5.45. The van der Waals surface area contributed by atoms with Gasteiger partial charge in [-0.05, 0) is 33.0 Å². The monoisotopic (exact) mass is 228 g/mol. The van der Waals surface area contributed by atoms with Crippen molar-refractivity contribution >= 4 is 0 Å². The molecule has 94 valence electrons. The van der Waals surface area contributed by atoms with Crippen LogP contribution in [0.25, 0.3) is 0 Å². The lowest BCUT2D eigenvalue weighted by molar-refractivity contribution is -0.0462. The summed E-state index contributed by atoms with van der Waals surface area (Å²) >= 11 is 0. The zero-order chi connectivity index (χ0) is 11.4. The molecule has 0 amide bonds. The molecule has 1 N–H and O–H groups in total. The number of aliphatic hydroxyl groups excluding tert-OH is 1. The summed E-state index contributed by atoms with van der Waals surface area (Å²) in [7, 11) is 2.18. The van der Waals surface area contributed by atoms with E-state index in [1.807, 2.05) is 0 Å². The number of hydrogen-bond donors (Lipinski definition) is 1. The van der Waals surface area contributed by atoms with Crippen molar-refractivity contribution in [2.45, 2.75) is 18.9 Å². The maximum absolute atomic E-state index is 9.90. The maximum atomic E-state index is 9.90. The zero-order valence-electron chi connectivity index (χ0n) is 10.3. The van der Waals surface area contributed by atoms with Crippen molar-refractivity contribution in [3.63, 3.8) is 0 Å². The molecule has 2 aliphatic heterocycles. The van der Waals surface area contributed by atoms with E-state index in [0.29, 0.717) is 5.92 Å². The second kappa shape index (κ2) is 5.96. The molecule has 2 aliphatic rings. The molecule has 0 aromatic carbocycles. The van der Waals surface area contributed by atoms with Crippen molar-refractivity contribution in [3.05, 3.63) is 0 Å². The van der Waals surface area contributed by atoms with Crippen molar-refractivity contribution in [2.24, 2.45) is 5.92 Å². The van der Waals surface area contributed by atoms with E-state index in [2.05, 4.69) is 16.8 Å². The first-order valence-corrected chi connectivity index (χ1v) is 6.42. The van der Waals surface area contributed by atoms with Crippen LogP contribution in [0.1, 0.15) is 12.8 Å². The Kier molecular flexibility index (Phi) is 4.58. The lowest BCUT2D eigenvalue weighted by atomic mass is 9.98. The molecule has 0 saturated carbocycles. The van der Waals surface area contributed by atoms with Crippen molar-refractivity contribution < 1.29 is 9.84 Å². The Morgan fingerprint density at radius 1 is 1.25 bits per heavy atom. The molecule has 0 aromatic heterocycles. The highest BCUT2D eigenvalue weighted by atomic mass is 16.5. The fourth-order valence-electron chi connectivity index (χ4n) is 2.57. The lowest BCUT2D eigenvalue weighted by Gasteiger charge is -2.32. The fourth-order valence-corrected chi connectivity index (χ4v) is 2.57. The van der Waals surface area contributed by atoms with Gasteiger partial charge in [0.05, 0.1) is 12.7 Å². The minimum atomic E-state index is -0.158. The Balaban J connectivity index is 1.79. The number of nitrogens with zero attached hydrogens (tertiary/aromatic N) is 2. The third kappa shape index (κ3) is 3.42. The van der Waals surface area contributed by atoms with Gasteiger partial charge in [0.1, 0.15) is 0 Å². The van der Waals surface area contributed by atoms with Crippen LogP contribution in [-0.4, -0.2) is 74.0 Å². The van der Waals surface area contributed by atoms with Crippen molar-refractivity contribution in [1.29, 1.82) is 0 Å². The Morgan fingerprint density at radius 3 is 2.94 bits per heavy atom. The van der Waals surface area contributed by atoms with Gasteiger partial charge >= 0.3 is 0 Å². The molecule has 0 bridgehead atoms. The fraction of sp³-hybridized carbons (Fsp3) is 1.00.